The fraction of sp³-hybridized carbons (Fsp3) is 0.524. The number of aliphatic hydroxyl groups excluding tert-OH is 1. The van der Waals surface area contributed by atoms with Gasteiger partial charge in [-0.05, 0) is 6.07 Å². The lowest BCUT2D eigenvalue weighted by molar-refractivity contribution is -0.316. The van der Waals surface area contributed by atoms with Crippen molar-refractivity contribution in [1.29, 1.82) is 0 Å². The summed E-state index contributed by atoms with van der Waals surface area (Å²) in [4.78, 5) is 33.0. The molecule has 0 aromatic heterocycles. The molecule has 1 aromatic carbocycles. The molecule has 1 aliphatic carbocycles. The van der Waals surface area contributed by atoms with Gasteiger partial charge in [0.25, 0.3) is 11.8 Å². The lowest BCUT2D eigenvalue weighted by Gasteiger charge is -2.57. The number of benzene rings is 1. The zero-order chi connectivity index (χ0) is 24.6. The van der Waals surface area contributed by atoms with Crippen LogP contribution in [0.15, 0.2) is 24.3 Å². The van der Waals surface area contributed by atoms with Crippen LogP contribution in [0.1, 0.15) is 17.2 Å². The summed E-state index contributed by atoms with van der Waals surface area (Å²) in [6.45, 7) is 0. The number of methoxy groups -OCH3 is 2. The van der Waals surface area contributed by atoms with Gasteiger partial charge in [0.05, 0.1) is 24.8 Å². The number of hydrogen-bond donors (Lipinski definition) is 3. The number of nitrogens with zero attached hydrogens (tertiary/aromatic N) is 2. The van der Waals surface area contributed by atoms with Gasteiger partial charge in [0.2, 0.25) is 10.6 Å². The van der Waals surface area contributed by atoms with E-state index in [4.69, 9.17) is 25.9 Å². The molecular formula is C21H23ClN2O8S2. The number of ether oxygens (including phenoxy) is 2. The Bertz CT molecular complexity index is 1090. The lowest BCUT2D eigenvalue weighted by Crippen LogP contribution is -2.77. The van der Waals surface area contributed by atoms with Crippen molar-refractivity contribution in [2.24, 2.45) is 0 Å². The van der Waals surface area contributed by atoms with Gasteiger partial charge >= 0.3 is 0 Å². The van der Waals surface area contributed by atoms with E-state index < -0.39 is 51.2 Å². The number of carbonyl (C=O) groups excluding carboxylic acids is 2. The highest BCUT2D eigenvalue weighted by Crippen LogP contribution is 2.62. The average Bonchev–Trinajstić information content (AvgIpc) is 3.00. The molecule has 3 N–H and O–H groups in total. The number of halogens is 1. The maximum Gasteiger partial charge on any atom is 0.272 e. The lowest BCUT2D eigenvalue weighted by atomic mass is 9.77. The minimum Gasteiger partial charge on any atom is -0.504 e. The summed E-state index contributed by atoms with van der Waals surface area (Å²) in [5.41, 5.74) is -1.42. The van der Waals surface area contributed by atoms with Crippen LogP contribution in [-0.2, 0) is 14.4 Å². The largest absolute Gasteiger partial charge is 0.504 e. The van der Waals surface area contributed by atoms with Gasteiger partial charge in [0.15, 0.2) is 11.5 Å². The van der Waals surface area contributed by atoms with Gasteiger partial charge in [0.1, 0.15) is 23.9 Å². The number of phenols is 1. The number of fused-ring (bicyclic) bond motifs is 4. The molecule has 0 radical (unpaired) electrons. The van der Waals surface area contributed by atoms with E-state index in [9.17, 15) is 24.9 Å². The van der Waals surface area contributed by atoms with Crippen LogP contribution in [0.4, 0.5) is 0 Å². The monoisotopic (exact) mass is 530 g/mol. The minimum atomic E-state index is -1.80. The van der Waals surface area contributed by atoms with Crippen molar-refractivity contribution < 1.29 is 39.2 Å². The molecule has 7 atom stereocenters. The predicted molar refractivity (Wildman–Crippen MR) is 124 cm³/mol. The number of hydrogen-bond acceptors (Lipinski definition) is 10. The van der Waals surface area contributed by atoms with Crippen LogP contribution >= 0.6 is 33.2 Å². The van der Waals surface area contributed by atoms with E-state index in [2.05, 4.69) is 0 Å². The third kappa shape index (κ3) is 3.02. The van der Waals surface area contributed by atoms with E-state index in [1.807, 2.05) is 0 Å². The van der Waals surface area contributed by atoms with E-state index in [1.165, 1.54) is 49.1 Å². The van der Waals surface area contributed by atoms with E-state index in [1.54, 1.807) is 12.1 Å². The number of aromatic hydroxyl groups is 1. The Balaban J connectivity index is 1.61. The van der Waals surface area contributed by atoms with Gasteiger partial charge < -0.3 is 29.7 Å². The van der Waals surface area contributed by atoms with Gasteiger partial charge in [-0.1, -0.05) is 39.8 Å². The molecule has 10 nitrogen and oxygen atoms in total. The summed E-state index contributed by atoms with van der Waals surface area (Å²) in [6, 6.07) is 2.20. The molecule has 1 aromatic rings. The molecule has 4 saturated heterocycles. The highest BCUT2D eigenvalue weighted by molar-refractivity contribution is 8.77. The summed E-state index contributed by atoms with van der Waals surface area (Å²) < 4.78 is 10.5. The van der Waals surface area contributed by atoms with Crippen LogP contribution in [0.5, 0.6) is 17.2 Å². The molecule has 2 bridgehead atoms. The zero-order valence-corrected chi connectivity index (χ0v) is 20.8. The van der Waals surface area contributed by atoms with E-state index in [0.717, 1.165) is 15.9 Å². The first-order valence-corrected chi connectivity index (χ1v) is 13.0. The second kappa shape index (κ2) is 8.10. The smallest absolute Gasteiger partial charge is 0.272 e. The molecule has 4 fully saturated rings. The third-order valence-electron chi connectivity index (χ3n) is 6.79. The molecular weight excluding hydrogens is 508 g/mol. The normalized spacial score (nSPS) is 38.9. The van der Waals surface area contributed by atoms with Gasteiger partial charge in [-0.15, -0.1) is 11.6 Å². The van der Waals surface area contributed by atoms with Crippen molar-refractivity contribution in [3.8, 4) is 17.2 Å². The number of likely N-dealkylation sites (N-methyl/N-ethyl adjacent to an activating group) is 1. The minimum absolute atomic E-state index is 0.109. The van der Waals surface area contributed by atoms with E-state index in [0.29, 0.717) is 11.3 Å². The van der Waals surface area contributed by atoms with Crippen LogP contribution in [0, 0.1) is 0 Å². The molecule has 0 unspecified atom stereocenters. The van der Waals surface area contributed by atoms with Gasteiger partial charge in [0, 0.05) is 19.0 Å². The highest BCUT2D eigenvalue weighted by Gasteiger charge is 2.70. The Kier molecular flexibility index (Phi) is 5.69. The molecule has 184 valence electrons. The number of piperazine rings is 1. The molecule has 34 heavy (non-hydrogen) atoms. The van der Waals surface area contributed by atoms with E-state index >= 15 is 0 Å². The van der Waals surface area contributed by atoms with Crippen molar-refractivity contribution in [3.05, 3.63) is 29.8 Å². The fourth-order valence-corrected chi connectivity index (χ4v) is 8.97. The molecule has 4 aliphatic heterocycles. The summed E-state index contributed by atoms with van der Waals surface area (Å²) in [6.07, 6.45) is 0.160. The molecule has 13 heteroatoms. The topological polar surface area (TPSA) is 129 Å². The van der Waals surface area contributed by atoms with Crippen LogP contribution in [0.2, 0.25) is 0 Å². The molecule has 4 heterocycles. The standard InChI is InChI=1S/C21H23ClN2O8S2/c1-23-13-16(9-4-6-11(30-2)15(31-3)14(9)26)33-34-21(19(23)28)8-20(29)12(22)7-5-10(25)17(20)32-24(21)18(13)27/h4-7,10,12-13,16-17,25-26,29H,8H2,1-3H3/t10-,12-,13-,16-,17+,20+,21-/m1/s1. The second-order valence-electron chi connectivity index (χ2n) is 8.59. The number of hydroxylamine groups is 2. The van der Waals surface area contributed by atoms with Gasteiger partial charge in [-0.2, -0.15) is 5.06 Å². The zero-order valence-electron chi connectivity index (χ0n) is 18.4. The third-order valence-corrected chi connectivity index (χ3v) is 10.6. The van der Waals surface area contributed by atoms with Gasteiger partial charge in [-0.25, -0.2) is 0 Å². The molecule has 6 rings (SSSR count). The van der Waals surface area contributed by atoms with E-state index in [-0.39, 0.29) is 17.9 Å². The SMILES string of the molecule is COc1ccc([C@H]2SS[C@@]34C[C@]5(O)[C@H](Cl)C=C[C@@H](O)[C@@H]5ON3C(=O)[C@@H]2N(C)C4=O)c(O)c1OC. The first-order valence-electron chi connectivity index (χ1n) is 10.4. The molecule has 5 aliphatic rings. The Morgan fingerprint density at radius 1 is 1.24 bits per heavy atom. The Morgan fingerprint density at radius 2 is 1.97 bits per heavy atom. The molecule has 2 amide bonds. The number of phenolic OH excluding ortho intramolecular Hbond substituents is 1. The Hall–Kier alpha value is -1.83. The predicted octanol–water partition coefficient (Wildman–Crippen LogP) is 1.18. The van der Waals surface area contributed by atoms with Crippen LogP contribution in [0.25, 0.3) is 0 Å². The first kappa shape index (κ1) is 23.9. The Morgan fingerprint density at radius 3 is 2.65 bits per heavy atom. The highest BCUT2D eigenvalue weighted by atomic mass is 35.5. The van der Waals surface area contributed by atoms with Crippen LogP contribution in [0.3, 0.4) is 0 Å². The van der Waals surface area contributed by atoms with Crippen molar-refractivity contribution >= 4 is 45.0 Å². The van der Waals surface area contributed by atoms with Crippen LogP contribution < -0.4 is 9.47 Å². The number of carbonyl (C=O) groups is 2. The number of alkyl halides is 1. The maximum atomic E-state index is 13.8. The molecule has 0 saturated carbocycles. The summed E-state index contributed by atoms with van der Waals surface area (Å²) in [7, 11) is 6.61. The quantitative estimate of drug-likeness (QED) is 0.297. The van der Waals surface area contributed by atoms with Crippen molar-refractivity contribution in [2.75, 3.05) is 21.3 Å². The summed E-state index contributed by atoms with van der Waals surface area (Å²) in [5.74, 6) is -0.763. The van der Waals surface area contributed by atoms with Crippen LogP contribution in [-0.4, -0.2) is 92.5 Å². The summed E-state index contributed by atoms with van der Waals surface area (Å²) in [5, 5.41) is 32.2. The van der Waals surface area contributed by atoms with Crippen molar-refractivity contribution in [3.63, 3.8) is 0 Å². The number of rotatable bonds is 3. The number of aliphatic hydroxyl groups is 2. The van der Waals surface area contributed by atoms with Crippen molar-refractivity contribution in [2.45, 2.75) is 45.8 Å². The first-order chi connectivity index (χ1) is 16.1. The van der Waals surface area contributed by atoms with Crippen molar-refractivity contribution in [1.82, 2.24) is 9.96 Å². The fourth-order valence-electron chi connectivity index (χ4n) is 5.01. The number of amides is 2. The summed E-state index contributed by atoms with van der Waals surface area (Å²) >= 11 is 6.40. The molecule has 1 spiro atoms. The second-order valence-corrected chi connectivity index (χ2v) is 11.7. The Labute approximate surface area is 208 Å². The average molecular weight is 531 g/mol. The van der Waals surface area contributed by atoms with Gasteiger partial charge in [-0.3, -0.25) is 14.4 Å². The maximum absolute atomic E-state index is 13.8.